The van der Waals surface area contributed by atoms with Gasteiger partial charge >= 0.3 is 0 Å². The van der Waals surface area contributed by atoms with Crippen LogP contribution >= 0.6 is 0 Å². The Bertz CT molecular complexity index is 737. The molecule has 1 aliphatic rings. The molecule has 1 aromatic heterocycles. The van der Waals surface area contributed by atoms with Gasteiger partial charge in [-0.1, -0.05) is 49.4 Å². The lowest BCUT2D eigenvalue weighted by molar-refractivity contribution is -0.116. The summed E-state index contributed by atoms with van der Waals surface area (Å²) in [5.41, 5.74) is 1.23. The van der Waals surface area contributed by atoms with E-state index in [1.807, 2.05) is 25.1 Å². The predicted octanol–water partition coefficient (Wildman–Crippen LogP) is 3.05. The van der Waals surface area contributed by atoms with Gasteiger partial charge in [0, 0.05) is 39.1 Å². The van der Waals surface area contributed by atoms with E-state index in [0.29, 0.717) is 12.2 Å². The predicted molar refractivity (Wildman–Crippen MR) is 110 cm³/mol. The Balaban J connectivity index is 1.44. The maximum Gasteiger partial charge on any atom is 0.225 e. The third kappa shape index (κ3) is 5.89. The maximum atomic E-state index is 11.6. The third-order valence-corrected chi connectivity index (χ3v) is 4.56. The van der Waals surface area contributed by atoms with E-state index < -0.39 is 0 Å². The van der Waals surface area contributed by atoms with E-state index in [0.717, 1.165) is 45.0 Å². The van der Waals surface area contributed by atoms with Crippen LogP contribution in [0.3, 0.4) is 0 Å². The van der Waals surface area contributed by atoms with Gasteiger partial charge in [0.1, 0.15) is 0 Å². The first kappa shape index (κ1) is 19.0. The number of rotatable bonds is 7. The molecule has 142 valence electrons. The highest BCUT2D eigenvalue weighted by atomic mass is 16.1. The van der Waals surface area contributed by atoms with Crippen LogP contribution in [0.5, 0.6) is 0 Å². The van der Waals surface area contributed by atoms with Gasteiger partial charge in [-0.2, -0.15) is 0 Å². The molecule has 6 nitrogen and oxygen atoms in total. The number of amides is 1. The Hall–Kier alpha value is -2.73. The molecule has 1 saturated heterocycles. The van der Waals surface area contributed by atoms with Crippen molar-refractivity contribution in [3.8, 4) is 0 Å². The van der Waals surface area contributed by atoms with E-state index >= 15 is 0 Å². The molecule has 27 heavy (non-hydrogen) atoms. The molecule has 1 amide bonds. The SMILES string of the molecule is CCCC(=O)Nc1ccc(N2CCN(C/C=C/c3ccccc3)CC2)nn1. The minimum Gasteiger partial charge on any atom is -0.353 e. The van der Waals surface area contributed by atoms with Crippen LogP contribution in [-0.2, 0) is 4.79 Å². The molecule has 0 aliphatic carbocycles. The largest absolute Gasteiger partial charge is 0.353 e. The quantitative estimate of drug-likeness (QED) is 0.817. The Morgan fingerprint density at radius 1 is 1.07 bits per heavy atom. The molecule has 0 bridgehead atoms. The van der Waals surface area contributed by atoms with Crippen molar-refractivity contribution in [1.82, 2.24) is 15.1 Å². The summed E-state index contributed by atoms with van der Waals surface area (Å²) in [7, 11) is 0. The third-order valence-electron chi connectivity index (χ3n) is 4.56. The zero-order valence-corrected chi connectivity index (χ0v) is 15.8. The van der Waals surface area contributed by atoms with Crippen LogP contribution in [0.15, 0.2) is 48.5 Å². The highest BCUT2D eigenvalue weighted by Gasteiger charge is 2.17. The second-order valence-electron chi connectivity index (χ2n) is 6.68. The second kappa shape index (κ2) is 9.83. The summed E-state index contributed by atoms with van der Waals surface area (Å²) in [5, 5.41) is 11.2. The van der Waals surface area contributed by atoms with Crippen molar-refractivity contribution in [2.45, 2.75) is 19.8 Å². The number of nitrogens with one attached hydrogen (secondary N) is 1. The van der Waals surface area contributed by atoms with E-state index in [1.54, 1.807) is 0 Å². The van der Waals surface area contributed by atoms with Crippen molar-refractivity contribution in [3.05, 3.63) is 54.1 Å². The van der Waals surface area contributed by atoms with Crippen molar-refractivity contribution in [1.29, 1.82) is 0 Å². The molecule has 0 unspecified atom stereocenters. The Morgan fingerprint density at radius 3 is 2.52 bits per heavy atom. The lowest BCUT2D eigenvalue weighted by Gasteiger charge is -2.34. The minimum absolute atomic E-state index is 0.0169. The topological polar surface area (TPSA) is 61.4 Å². The number of benzene rings is 1. The van der Waals surface area contributed by atoms with Crippen LogP contribution in [-0.4, -0.2) is 53.7 Å². The van der Waals surface area contributed by atoms with Crippen LogP contribution in [0.4, 0.5) is 11.6 Å². The molecule has 0 spiro atoms. The number of carbonyl (C=O) groups excluding carboxylic acids is 1. The van der Waals surface area contributed by atoms with Crippen LogP contribution < -0.4 is 10.2 Å². The van der Waals surface area contributed by atoms with Crippen LogP contribution in [0.2, 0.25) is 0 Å². The second-order valence-corrected chi connectivity index (χ2v) is 6.68. The molecule has 1 N–H and O–H groups in total. The molecule has 2 heterocycles. The first-order valence-electron chi connectivity index (χ1n) is 9.57. The Labute approximate surface area is 160 Å². The van der Waals surface area contributed by atoms with Gasteiger partial charge in [-0.05, 0) is 24.1 Å². The summed E-state index contributed by atoms with van der Waals surface area (Å²) in [5.74, 6) is 1.36. The van der Waals surface area contributed by atoms with Crippen molar-refractivity contribution < 1.29 is 4.79 Å². The Morgan fingerprint density at radius 2 is 1.85 bits per heavy atom. The molecule has 1 fully saturated rings. The van der Waals surface area contributed by atoms with E-state index in [1.165, 1.54) is 5.56 Å². The van der Waals surface area contributed by atoms with Gasteiger partial charge in [0.05, 0.1) is 0 Å². The first-order chi connectivity index (χ1) is 13.2. The van der Waals surface area contributed by atoms with Gasteiger partial charge in [-0.3, -0.25) is 9.69 Å². The van der Waals surface area contributed by atoms with Crippen molar-refractivity contribution in [2.24, 2.45) is 0 Å². The number of hydrogen-bond acceptors (Lipinski definition) is 5. The molecular formula is C21H27N5O. The van der Waals surface area contributed by atoms with Gasteiger partial charge in [-0.25, -0.2) is 0 Å². The summed E-state index contributed by atoms with van der Waals surface area (Å²) in [6.07, 6.45) is 5.72. The smallest absolute Gasteiger partial charge is 0.225 e. The zero-order valence-electron chi connectivity index (χ0n) is 15.8. The van der Waals surface area contributed by atoms with Gasteiger partial charge in [0.15, 0.2) is 11.6 Å². The van der Waals surface area contributed by atoms with E-state index in [4.69, 9.17) is 0 Å². The van der Waals surface area contributed by atoms with Gasteiger partial charge in [0.2, 0.25) is 5.91 Å². The normalized spacial score (nSPS) is 15.2. The number of nitrogens with zero attached hydrogens (tertiary/aromatic N) is 4. The minimum atomic E-state index is -0.0169. The summed E-state index contributed by atoms with van der Waals surface area (Å²) in [6.45, 7) is 6.78. The van der Waals surface area contributed by atoms with Crippen molar-refractivity contribution in [3.63, 3.8) is 0 Å². The highest BCUT2D eigenvalue weighted by Crippen LogP contribution is 2.14. The van der Waals surface area contributed by atoms with Gasteiger partial charge < -0.3 is 10.2 Å². The fourth-order valence-corrected chi connectivity index (χ4v) is 3.05. The number of anilines is 2. The summed E-state index contributed by atoms with van der Waals surface area (Å²) in [6, 6.07) is 14.1. The lowest BCUT2D eigenvalue weighted by atomic mass is 10.2. The number of piperazine rings is 1. The average Bonchev–Trinajstić information content (AvgIpc) is 2.70. The standard InChI is InChI=1S/C21H27N5O/c1-2-7-21(27)22-19-11-12-20(24-23-19)26-16-14-25(15-17-26)13-6-10-18-8-4-3-5-9-18/h3-6,8-12H,2,7,13-17H2,1H3,(H,22,23,27)/b10-6+. The van der Waals surface area contributed by atoms with Gasteiger partial charge in [0.25, 0.3) is 0 Å². The molecule has 0 atom stereocenters. The van der Waals surface area contributed by atoms with E-state index in [9.17, 15) is 4.79 Å². The monoisotopic (exact) mass is 365 g/mol. The number of carbonyl (C=O) groups is 1. The fraction of sp³-hybridized carbons (Fsp3) is 0.381. The highest BCUT2D eigenvalue weighted by molar-refractivity contribution is 5.89. The molecule has 6 heteroatoms. The van der Waals surface area contributed by atoms with Crippen molar-refractivity contribution >= 4 is 23.6 Å². The van der Waals surface area contributed by atoms with Gasteiger partial charge in [-0.15, -0.1) is 10.2 Å². The molecule has 0 radical (unpaired) electrons. The lowest BCUT2D eigenvalue weighted by Crippen LogP contribution is -2.46. The molecular weight excluding hydrogens is 338 g/mol. The number of hydrogen-bond donors (Lipinski definition) is 1. The molecule has 2 aromatic rings. The van der Waals surface area contributed by atoms with Crippen LogP contribution in [0, 0.1) is 0 Å². The van der Waals surface area contributed by atoms with Crippen molar-refractivity contribution in [2.75, 3.05) is 42.9 Å². The average molecular weight is 365 g/mol. The molecule has 1 aromatic carbocycles. The number of aromatic nitrogens is 2. The van der Waals surface area contributed by atoms with Crippen LogP contribution in [0.25, 0.3) is 6.08 Å². The first-order valence-corrected chi connectivity index (χ1v) is 9.57. The summed E-state index contributed by atoms with van der Waals surface area (Å²) in [4.78, 5) is 16.3. The molecule has 1 aliphatic heterocycles. The Kier molecular flexibility index (Phi) is 6.93. The van der Waals surface area contributed by atoms with Crippen LogP contribution in [0.1, 0.15) is 25.3 Å². The summed E-state index contributed by atoms with van der Waals surface area (Å²) >= 11 is 0. The molecule has 3 rings (SSSR count). The maximum absolute atomic E-state index is 11.6. The fourth-order valence-electron chi connectivity index (χ4n) is 3.05. The van der Waals surface area contributed by atoms with E-state index in [-0.39, 0.29) is 5.91 Å². The summed E-state index contributed by atoms with van der Waals surface area (Å²) < 4.78 is 0. The van der Waals surface area contributed by atoms with E-state index in [2.05, 4.69) is 61.7 Å². The molecule has 0 saturated carbocycles. The zero-order chi connectivity index (χ0) is 18.9.